The molecule has 7 heteroatoms. The van der Waals surface area contributed by atoms with Gasteiger partial charge in [0, 0.05) is 49.3 Å². The van der Waals surface area contributed by atoms with Gasteiger partial charge in [0.1, 0.15) is 5.82 Å². The molecule has 1 aromatic carbocycles. The molecule has 0 radical (unpaired) electrons. The van der Waals surface area contributed by atoms with Gasteiger partial charge in [-0.1, -0.05) is 23.7 Å². The fraction of sp³-hybridized carbons (Fsp3) is 0.474. The molecule has 0 unspecified atom stereocenters. The zero-order valence-corrected chi connectivity index (χ0v) is 15.6. The Bertz CT molecular complexity index is 753. The Labute approximate surface area is 158 Å². The lowest BCUT2D eigenvalue weighted by Gasteiger charge is -2.38. The number of nitrogens with one attached hydrogen (secondary N) is 1. The molecule has 2 fully saturated rings. The minimum absolute atomic E-state index is 0.367. The van der Waals surface area contributed by atoms with E-state index in [-0.39, 0.29) is 5.79 Å². The average molecular weight is 375 g/mol. The van der Waals surface area contributed by atoms with E-state index in [1.807, 2.05) is 37.3 Å². The summed E-state index contributed by atoms with van der Waals surface area (Å²) < 4.78 is 11.6. The van der Waals surface area contributed by atoms with E-state index in [1.165, 1.54) is 0 Å². The number of rotatable bonds is 4. The highest BCUT2D eigenvalue weighted by Gasteiger charge is 2.40. The lowest BCUT2D eigenvalue weighted by atomic mass is 10.0. The van der Waals surface area contributed by atoms with Crippen LogP contribution in [0.2, 0.25) is 5.02 Å². The van der Waals surface area contributed by atoms with Crippen molar-refractivity contribution in [3.05, 3.63) is 46.6 Å². The van der Waals surface area contributed by atoms with Gasteiger partial charge in [0.2, 0.25) is 5.95 Å². The van der Waals surface area contributed by atoms with Crippen LogP contribution in [0.3, 0.4) is 0 Å². The van der Waals surface area contributed by atoms with Gasteiger partial charge >= 0.3 is 0 Å². The molecule has 2 aliphatic heterocycles. The second-order valence-corrected chi connectivity index (χ2v) is 7.20. The van der Waals surface area contributed by atoms with E-state index in [4.69, 9.17) is 26.1 Å². The normalized spacial score (nSPS) is 19.1. The molecule has 2 aliphatic rings. The van der Waals surface area contributed by atoms with Crippen LogP contribution in [0.15, 0.2) is 30.3 Å². The molecular formula is C19H23ClN4O2. The third kappa shape index (κ3) is 3.92. The van der Waals surface area contributed by atoms with Crippen molar-refractivity contribution in [2.24, 2.45) is 0 Å². The van der Waals surface area contributed by atoms with Crippen molar-refractivity contribution in [3.63, 3.8) is 0 Å². The number of aromatic nitrogens is 2. The monoisotopic (exact) mass is 374 g/mol. The molecule has 0 saturated carbocycles. The first kappa shape index (κ1) is 17.5. The average Bonchev–Trinajstić information content (AvgIpc) is 3.09. The maximum atomic E-state index is 5.93. The lowest BCUT2D eigenvalue weighted by molar-refractivity contribution is -0.169. The lowest BCUT2D eigenvalue weighted by Crippen LogP contribution is -2.45. The predicted octanol–water partition coefficient (Wildman–Crippen LogP) is 3.39. The number of hydrogen-bond donors (Lipinski definition) is 1. The van der Waals surface area contributed by atoms with Crippen LogP contribution < -0.4 is 10.2 Å². The van der Waals surface area contributed by atoms with E-state index < -0.39 is 0 Å². The smallest absolute Gasteiger partial charge is 0.225 e. The first-order valence-corrected chi connectivity index (χ1v) is 9.37. The highest BCUT2D eigenvalue weighted by molar-refractivity contribution is 6.30. The molecule has 0 bridgehead atoms. The zero-order chi connectivity index (χ0) is 18.0. The Hall–Kier alpha value is -1.89. The number of piperidine rings is 1. The summed E-state index contributed by atoms with van der Waals surface area (Å²) in [7, 11) is 0. The molecule has 2 saturated heterocycles. The highest BCUT2D eigenvalue weighted by Crippen LogP contribution is 2.33. The second kappa shape index (κ2) is 7.39. The van der Waals surface area contributed by atoms with Crippen molar-refractivity contribution >= 4 is 23.4 Å². The molecule has 0 amide bonds. The molecule has 0 atom stereocenters. The molecule has 1 spiro atoms. The summed E-state index contributed by atoms with van der Waals surface area (Å²) in [6.45, 7) is 5.79. The minimum atomic E-state index is -0.367. The van der Waals surface area contributed by atoms with Crippen molar-refractivity contribution < 1.29 is 9.47 Å². The number of aryl methyl sites for hydroxylation is 1. The van der Waals surface area contributed by atoms with Crippen LogP contribution in [0.25, 0.3) is 0 Å². The molecule has 6 nitrogen and oxygen atoms in total. The van der Waals surface area contributed by atoms with Crippen LogP contribution in [0.5, 0.6) is 0 Å². The molecule has 2 aromatic rings. The first-order chi connectivity index (χ1) is 12.6. The highest BCUT2D eigenvalue weighted by atomic mass is 35.5. The Kier molecular flexibility index (Phi) is 4.98. The molecule has 26 heavy (non-hydrogen) atoms. The zero-order valence-electron chi connectivity index (χ0n) is 14.9. The summed E-state index contributed by atoms with van der Waals surface area (Å²) in [6, 6.07) is 9.80. The third-order valence-electron chi connectivity index (χ3n) is 4.87. The quantitative estimate of drug-likeness (QED) is 0.885. The predicted molar refractivity (Wildman–Crippen MR) is 102 cm³/mol. The van der Waals surface area contributed by atoms with Gasteiger partial charge in [-0.05, 0) is 24.6 Å². The summed E-state index contributed by atoms with van der Waals surface area (Å²) in [6.07, 6.45) is 1.73. The second-order valence-electron chi connectivity index (χ2n) is 6.77. The van der Waals surface area contributed by atoms with Gasteiger partial charge in [-0.15, -0.1) is 0 Å². The summed E-state index contributed by atoms with van der Waals surface area (Å²) >= 11 is 5.93. The molecule has 3 heterocycles. The van der Waals surface area contributed by atoms with Gasteiger partial charge in [0.05, 0.1) is 13.2 Å². The summed E-state index contributed by atoms with van der Waals surface area (Å²) in [5.74, 6) is 1.22. The summed E-state index contributed by atoms with van der Waals surface area (Å²) in [4.78, 5) is 11.5. The number of anilines is 2. The molecule has 1 N–H and O–H groups in total. The van der Waals surface area contributed by atoms with E-state index in [0.717, 1.165) is 48.0 Å². The number of nitrogens with zero attached hydrogens (tertiary/aromatic N) is 3. The SMILES string of the molecule is Cc1cc(N2CCC3(CC2)OCCO3)nc(NCc2ccc(Cl)cc2)n1. The maximum absolute atomic E-state index is 5.93. The van der Waals surface area contributed by atoms with Crippen molar-refractivity contribution in [1.82, 2.24) is 9.97 Å². The van der Waals surface area contributed by atoms with Crippen LogP contribution in [0, 0.1) is 6.92 Å². The molecule has 1 aromatic heterocycles. The van der Waals surface area contributed by atoms with Crippen LogP contribution in [0.4, 0.5) is 11.8 Å². The number of ether oxygens (including phenoxy) is 2. The number of halogens is 1. The maximum Gasteiger partial charge on any atom is 0.225 e. The summed E-state index contributed by atoms with van der Waals surface area (Å²) in [5.41, 5.74) is 2.08. The van der Waals surface area contributed by atoms with Gasteiger partial charge in [-0.2, -0.15) is 4.98 Å². The molecule has 0 aliphatic carbocycles. The fourth-order valence-electron chi connectivity index (χ4n) is 3.44. The molecule has 138 valence electrons. The Morgan fingerprint density at radius 1 is 1.12 bits per heavy atom. The molecule has 4 rings (SSSR count). The minimum Gasteiger partial charge on any atom is -0.356 e. The van der Waals surface area contributed by atoms with E-state index in [0.29, 0.717) is 25.7 Å². The van der Waals surface area contributed by atoms with Gasteiger partial charge in [-0.25, -0.2) is 4.98 Å². The van der Waals surface area contributed by atoms with Crippen molar-refractivity contribution in [3.8, 4) is 0 Å². The molecular weight excluding hydrogens is 352 g/mol. The van der Waals surface area contributed by atoms with Crippen molar-refractivity contribution in [2.45, 2.75) is 32.1 Å². The Balaban J connectivity index is 1.42. The third-order valence-corrected chi connectivity index (χ3v) is 5.12. The van der Waals surface area contributed by atoms with Gasteiger partial charge < -0.3 is 19.7 Å². The van der Waals surface area contributed by atoms with E-state index in [2.05, 4.69) is 15.2 Å². The Morgan fingerprint density at radius 2 is 1.81 bits per heavy atom. The van der Waals surface area contributed by atoms with E-state index in [9.17, 15) is 0 Å². The van der Waals surface area contributed by atoms with Crippen molar-refractivity contribution in [2.75, 3.05) is 36.5 Å². The van der Waals surface area contributed by atoms with Gasteiger partial charge in [0.15, 0.2) is 5.79 Å². The van der Waals surface area contributed by atoms with Crippen molar-refractivity contribution in [1.29, 1.82) is 0 Å². The van der Waals surface area contributed by atoms with Gasteiger partial charge in [0.25, 0.3) is 0 Å². The number of benzene rings is 1. The van der Waals surface area contributed by atoms with Crippen LogP contribution in [-0.2, 0) is 16.0 Å². The largest absolute Gasteiger partial charge is 0.356 e. The van der Waals surface area contributed by atoms with Crippen LogP contribution in [0.1, 0.15) is 24.1 Å². The van der Waals surface area contributed by atoms with E-state index >= 15 is 0 Å². The topological polar surface area (TPSA) is 59.5 Å². The fourth-order valence-corrected chi connectivity index (χ4v) is 3.56. The van der Waals surface area contributed by atoms with Gasteiger partial charge in [-0.3, -0.25) is 0 Å². The summed E-state index contributed by atoms with van der Waals surface area (Å²) in [5, 5.41) is 4.04. The Morgan fingerprint density at radius 3 is 2.50 bits per heavy atom. The van der Waals surface area contributed by atoms with Crippen LogP contribution in [-0.4, -0.2) is 42.1 Å². The standard InChI is InChI=1S/C19H23ClN4O2/c1-14-12-17(24-8-6-19(7-9-24)25-10-11-26-19)23-18(22-14)21-13-15-2-4-16(20)5-3-15/h2-5,12H,6-11,13H2,1H3,(H,21,22,23). The van der Waals surface area contributed by atoms with Crippen LogP contribution >= 0.6 is 11.6 Å². The van der Waals surface area contributed by atoms with E-state index in [1.54, 1.807) is 0 Å². The number of hydrogen-bond acceptors (Lipinski definition) is 6. The first-order valence-electron chi connectivity index (χ1n) is 8.99.